The Morgan fingerprint density at radius 1 is 0.913 bits per heavy atom. The van der Waals surface area contributed by atoms with Crippen LogP contribution in [0.2, 0.25) is 0 Å². The van der Waals surface area contributed by atoms with Crippen LogP contribution in [0.15, 0.2) is 48.8 Å². The van der Waals surface area contributed by atoms with Crippen molar-refractivity contribution in [2.75, 3.05) is 0 Å². The van der Waals surface area contributed by atoms with E-state index in [2.05, 4.69) is 16.2 Å². The van der Waals surface area contributed by atoms with Gasteiger partial charge in [0.2, 0.25) is 0 Å². The highest BCUT2D eigenvalue weighted by Crippen LogP contribution is 2.18. The van der Waals surface area contributed by atoms with Gasteiger partial charge in [-0.2, -0.15) is 0 Å². The minimum Gasteiger partial charge on any atom is -0.345 e. The number of hydrogen-bond acceptors (Lipinski definition) is 3. The second-order valence-corrected chi connectivity index (χ2v) is 5.29. The molecule has 1 saturated carbocycles. The minimum atomic E-state index is -0.880. The van der Waals surface area contributed by atoms with Crippen LogP contribution in [-0.2, 0) is 9.59 Å². The van der Waals surface area contributed by atoms with E-state index in [1.54, 1.807) is 24.3 Å². The van der Waals surface area contributed by atoms with E-state index >= 15 is 0 Å². The number of nitrogens with zero attached hydrogens (tertiary/aromatic N) is 1. The van der Waals surface area contributed by atoms with Crippen molar-refractivity contribution < 1.29 is 14.4 Å². The van der Waals surface area contributed by atoms with E-state index in [0.717, 1.165) is 18.5 Å². The van der Waals surface area contributed by atoms with Crippen molar-refractivity contribution >= 4 is 17.7 Å². The lowest BCUT2D eigenvalue weighted by molar-refractivity contribution is -0.139. The Labute approximate surface area is 132 Å². The van der Waals surface area contributed by atoms with Crippen LogP contribution in [0.25, 0.3) is 5.69 Å². The third-order valence-electron chi connectivity index (χ3n) is 3.44. The van der Waals surface area contributed by atoms with Crippen LogP contribution in [0.3, 0.4) is 0 Å². The highest BCUT2D eigenvalue weighted by atomic mass is 16.2. The summed E-state index contributed by atoms with van der Waals surface area (Å²) in [6.07, 6.45) is 5.57. The number of amides is 3. The van der Waals surface area contributed by atoms with Gasteiger partial charge >= 0.3 is 11.8 Å². The summed E-state index contributed by atoms with van der Waals surface area (Å²) >= 11 is 0. The zero-order valence-corrected chi connectivity index (χ0v) is 12.3. The van der Waals surface area contributed by atoms with E-state index in [0.29, 0.717) is 5.56 Å². The van der Waals surface area contributed by atoms with Crippen LogP contribution >= 0.6 is 0 Å². The first-order valence-electron chi connectivity index (χ1n) is 7.28. The quantitative estimate of drug-likeness (QED) is 0.570. The molecule has 0 atom stereocenters. The summed E-state index contributed by atoms with van der Waals surface area (Å²) in [5.41, 5.74) is 5.62. The Balaban J connectivity index is 1.53. The molecule has 1 aliphatic rings. The van der Waals surface area contributed by atoms with Crippen LogP contribution in [0.1, 0.15) is 23.2 Å². The van der Waals surface area contributed by atoms with Crippen molar-refractivity contribution in [3.63, 3.8) is 0 Å². The van der Waals surface area contributed by atoms with Crippen LogP contribution in [0.5, 0.6) is 0 Å². The molecule has 1 fully saturated rings. The van der Waals surface area contributed by atoms with Gasteiger partial charge in [-0.15, -0.1) is 0 Å². The number of rotatable bonds is 3. The topological polar surface area (TPSA) is 92.2 Å². The van der Waals surface area contributed by atoms with Gasteiger partial charge < -0.3 is 9.88 Å². The van der Waals surface area contributed by atoms with E-state index in [-0.39, 0.29) is 6.04 Å². The van der Waals surface area contributed by atoms with Gasteiger partial charge in [0.05, 0.1) is 0 Å². The molecule has 118 valence electrons. The van der Waals surface area contributed by atoms with E-state index in [1.807, 2.05) is 29.1 Å². The number of carbonyl (C=O) groups excluding carboxylic acids is 3. The Morgan fingerprint density at radius 2 is 1.57 bits per heavy atom. The summed E-state index contributed by atoms with van der Waals surface area (Å²) in [5, 5.41) is 2.54. The summed E-state index contributed by atoms with van der Waals surface area (Å²) in [4.78, 5) is 34.9. The van der Waals surface area contributed by atoms with Crippen molar-refractivity contribution in [2.45, 2.75) is 18.9 Å². The zero-order chi connectivity index (χ0) is 16.2. The molecular weight excluding hydrogens is 296 g/mol. The molecule has 0 spiro atoms. The molecular formula is C16H16N4O3. The highest BCUT2D eigenvalue weighted by Gasteiger charge is 2.26. The Morgan fingerprint density at radius 3 is 2.17 bits per heavy atom. The largest absolute Gasteiger partial charge is 0.345 e. The van der Waals surface area contributed by atoms with Crippen molar-refractivity contribution in [2.24, 2.45) is 0 Å². The first-order chi connectivity index (χ1) is 11.1. The predicted molar refractivity (Wildman–Crippen MR) is 82.5 cm³/mol. The van der Waals surface area contributed by atoms with E-state index in [4.69, 9.17) is 0 Å². The summed E-state index contributed by atoms with van der Waals surface area (Å²) < 4.78 is 1.91. The van der Waals surface area contributed by atoms with Crippen LogP contribution in [-0.4, -0.2) is 28.3 Å². The minimum absolute atomic E-state index is 0.0881. The molecule has 3 N–H and O–H groups in total. The van der Waals surface area contributed by atoms with Crippen LogP contribution in [0, 0.1) is 0 Å². The summed E-state index contributed by atoms with van der Waals surface area (Å²) in [7, 11) is 0. The molecule has 1 aromatic carbocycles. The first kappa shape index (κ1) is 14.8. The second kappa shape index (κ2) is 6.35. The SMILES string of the molecule is O=C(NNC(=O)c1ccc(-n2cccc2)cc1)C(=O)NC1CC1. The number of benzene rings is 1. The molecule has 0 saturated heterocycles. The van der Waals surface area contributed by atoms with Gasteiger partial charge in [-0.1, -0.05) is 0 Å². The predicted octanol–water partition coefficient (Wildman–Crippen LogP) is 0.517. The first-order valence-corrected chi connectivity index (χ1v) is 7.28. The average Bonchev–Trinajstić information content (AvgIpc) is 3.21. The number of carbonyl (C=O) groups is 3. The van der Waals surface area contributed by atoms with Gasteiger partial charge in [-0.25, -0.2) is 0 Å². The molecule has 0 aliphatic heterocycles. The van der Waals surface area contributed by atoms with Crippen molar-refractivity contribution in [1.82, 2.24) is 20.7 Å². The molecule has 0 unspecified atom stereocenters. The molecule has 0 bridgehead atoms. The third kappa shape index (κ3) is 3.76. The summed E-state index contributed by atoms with van der Waals surface area (Å²) in [6, 6.07) is 10.8. The van der Waals surface area contributed by atoms with E-state index < -0.39 is 17.7 Å². The van der Waals surface area contributed by atoms with Crippen molar-refractivity contribution in [3.8, 4) is 5.69 Å². The van der Waals surface area contributed by atoms with Gasteiger partial charge in [-0.3, -0.25) is 25.2 Å². The molecule has 7 heteroatoms. The monoisotopic (exact) mass is 312 g/mol. The Kier molecular flexibility index (Phi) is 4.09. The normalized spacial score (nSPS) is 13.2. The van der Waals surface area contributed by atoms with Gasteiger partial charge in [0.1, 0.15) is 0 Å². The molecule has 1 heterocycles. The fraction of sp³-hybridized carbons (Fsp3) is 0.188. The standard InChI is InChI=1S/C16H16N4O3/c21-14(18-19-16(23)15(22)17-12-5-6-12)11-3-7-13(8-4-11)20-9-1-2-10-20/h1-4,7-10,12H,5-6H2,(H,17,22)(H,18,21)(H,19,23). The average molecular weight is 312 g/mol. The van der Waals surface area contributed by atoms with Crippen LogP contribution in [0.4, 0.5) is 0 Å². The van der Waals surface area contributed by atoms with E-state index in [1.165, 1.54) is 0 Å². The van der Waals surface area contributed by atoms with E-state index in [9.17, 15) is 14.4 Å². The third-order valence-corrected chi connectivity index (χ3v) is 3.44. The molecule has 2 aromatic rings. The van der Waals surface area contributed by atoms with Gasteiger partial charge in [0.25, 0.3) is 5.91 Å². The maximum atomic E-state index is 11.9. The molecule has 1 aromatic heterocycles. The Hall–Kier alpha value is -3.09. The zero-order valence-electron chi connectivity index (χ0n) is 12.3. The van der Waals surface area contributed by atoms with Gasteiger partial charge in [0, 0.05) is 29.7 Å². The lowest BCUT2D eigenvalue weighted by atomic mass is 10.2. The van der Waals surface area contributed by atoms with Crippen LogP contribution < -0.4 is 16.2 Å². The maximum Gasteiger partial charge on any atom is 0.327 e. The molecule has 1 aliphatic carbocycles. The smallest absolute Gasteiger partial charge is 0.327 e. The van der Waals surface area contributed by atoms with Crippen molar-refractivity contribution in [3.05, 3.63) is 54.4 Å². The lowest BCUT2D eigenvalue weighted by Gasteiger charge is -2.08. The number of hydrazine groups is 1. The fourth-order valence-corrected chi connectivity index (χ4v) is 2.01. The lowest BCUT2D eigenvalue weighted by Crippen LogP contribution is -2.48. The number of nitrogens with one attached hydrogen (secondary N) is 3. The highest BCUT2D eigenvalue weighted by molar-refractivity contribution is 6.35. The molecule has 23 heavy (non-hydrogen) atoms. The number of hydrogen-bond donors (Lipinski definition) is 3. The Bertz CT molecular complexity index is 718. The molecule has 3 rings (SSSR count). The maximum absolute atomic E-state index is 11.9. The molecule has 3 amide bonds. The molecule has 0 radical (unpaired) electrons. The fourth-order valence-electron chi connectivity index (χ4n) is 2.01. The second-order valence-electron chi connectivity index (χ2n) is 5.29. The van der Waals surface area contributed by atoms with Gasteiger partial charge in [0.15, 0.2) is 0 Å². The summed E-state index contributed by atoms with van der Waals surface area (Å²) in [6.45, 7) is 0. The molecule has 7 nitrogen and oxygen atoms in total. The number of aromatic nitrogens is 1. The summed E-state index contributed by atoms with van der Waals surface area (Å²) in [5.74, 6) is -2.11. The van der Waals surface area contributed by atoms with Gasteiger partial charge in [-0.05, 0) is 49.2 Å². The van der Waals surface area contributed by atoms with Crippen molar-refractivity contribution in [1.29, 1.82) is 0 Å².